The van der Waals surface area contributed by atoms with Crippen molar-refractivity contribution in [1.29, 1.82) is 0 Å². The van der Waals surface area contributed by atoms with Gasteiger partial charge in [0, 0.05) is 29.8 Å². The lowest BCUT2D eigenvalue weighted by atomic mass is 9.87. The fourth-order valence-corrected chi connectivity index (χ4v) is 6.44. The van der Waals surface area contributed by atoms with Crippen molar-refractivity contribution in [2.75, 3.05) is 18.0 Å². The maximum absolute atomic E-state index is 13.7. The number of carbonyl (C=O) groups excluding carboxylic acids is 2. The van der Waals surface area contributed by atoms with Crippen LogP contribution in [0.3, 0.4) is 0 Å². The zero-order valence-corrected chi connectivity index (χ0v) is 25.3. The van der Waals surface area contributed by atoms with Crippen molar-refractivity contribution >= 4 is 27.5 Å². The Kier molecular flexibility index (Phi) is 7.41. The third-order valence-corrected chi connectivity index (χ3v) is 8.87. The second-order valence-corrected chi connectivity index (χ2v) is 13.2. The first kappa shape index (κ1) is 29.4. The zero-order valence-electron chi connectivity index (χ0n) is 24.5. The molecule has 1 fully saturated rings. The SMILES string of the molecule is CNC(=O)C1c2cc(-c3cc(C(=O)NC4(c5ccccc5)CC4)ccc3C)c(NS(C)(=O)=O)cc2OC1c1ccc(F)cc1. The van der Waals surface area contributed by atoms with Gasteiger partial charge in [0.1, 0.15) is 23.6 Å². The number of aryl methyl sites for hydroxylation is 1. The van der Waals surface area contributed by atoms with Gasteiger partial charge in [-0.2, -0.15) is 0 Å². The lowest BCUT2D eigenvalue weighted by Crippen LogP contribution is -2.34. The van der Waals surface area contributed by atoms with Gasteiger partial charge in [-0.05, 0) is 72.4 Å². The van der Waals surface area contributed by atoms with Crippen LogP contribution in [0.1, 0.15) is 57.5 Å². The normalized spacial score (nSPS) is 18.1. The molecule has 0 saturated heterocycles. The van der Waals surface area contributed by atoms with E-state index in [1.807, 2.05) is 43.3 Å². The minimum Gasteiger partial charge on any atom is -0.484 e. The van der Waals surface area contributed by atoms with E-state index in [2.05, 4.69) is 15.4 Å². The average molecular weight is 614 g/mol. The Hall–Kier alpha value is -4.70. The molecule has 6 rings (SSSR count). The van der Waals surface area contributed by atoms with Crippen LogP contribution < -0.4 is 20.1 Å². The molecule has 4 aromatic rings. The molecule has 1 heterocycles. The lowest BCUT2D eigenvalue weighted by Gasteiger charge is -2.20. The highest BCUT2D eigenvalue weighted by molar-refractivity contribution is 7.92. The van der Waals surface area contributed by atoms with Crippen LogP contribution in [0, 0.1) is 12.7 Å². The Morgan fingerprint density at radius 1 is 0.932 bits per heavy atom. The fraction of sp³-hybridized carbons (Fsp3) is 0.235. The molecule has 44 heavy (non-hydrogen) atoms. The Balaban J connectivity index is 1.43. The van der Waals surface area contributed by atoms with Gasteiger partial charge in [0.25, 0.3) is 5.91 Å². The van der Waals surface area contributed by atoms with Crippen LogP contribution >= 0.6 is 0 Å². The quantitative estimate of drug-likeness (QED) is 0.241. The van der Waals surface area contributed by atoms with Gasteiger partial charge in [-0.25, -0.2) is 12.8 Å². The molecule has 2 atom stereocenters. The monoisotopic (exact) mass is 613 g/mol. The summed E-state index contributed by atoms with van der Waals surface area (Å²) in [5.41, 5.74) is 4.35. The molecule has 4 aromatic carbocycles. The second-order valence-electron chi connectivity index (χ2n) is 11.4. The van der Waals surface area contributed by atoms with Gasteiger partial charge in [-0.1, -0.05) is 48.5 Å². The molecule has 2 amide bonds. The summed E-state index contributed by atoms with van der Waals surface area (Å²) in [5.74, 6) is -1.44. The van der Waals surface area contributed by atoms with E-state index in [-0.39, 0.29) is 17.5 Å². The first-order valence-electron chi connectivity index (χ1n) is 14.3. The number of fused-ring (bicyclic) bond motifs is 1. The maximum Gasteiger partial charge on any atom is 0.251 e. The summed E-state index contributed by atoms with van der Waals surface area (Å²) in [5, 5.41) is 5.89. The molecule has 226 valence electrons. The number of carbonyl (C=O) groups is 2. The molecule has 0 aromatic heterocycles. The van der Waals surface area contributed by atoms with Gasteiger partial charge in [0.15, 0.2) is 0 Å². The molecule has 2 aliphatic rings. The maximum atomic E-state index is 13.7. The number of benzene rings is 4. The largest absolute Gasteiger partial charge is 0.484 e. The fourth-order valence-electron chi connectivity index (χ4n) is 5.87. The van der Waals surface area contributed by atoms with E-state index in [4.69, 9.17) is 4.74 Å². The van der Waals surface area contributed by atoms with Gasteiger partial charge in [-0.3, -0.25) is 14.3 Å². The van der Waals surface area contributed by atoms with Gasteiger partial charge < -0.3 is 15.4 Å². The Morgan fingerprint density at radius 2 is 1.64 bits per heavy atom. The summed E-state index contributed by atoms with van der Waals surface area (Å²) in [7, 11) is -2.20. The van der Waals surface area contributed by atoms with Crippen molar-refractivity contribution < 1.29 is 27.1 Å². The summed E-state index contributed by atoms with van der Waals surface area (Å²) < 4.78 is 47.4. The van der Waals surface area contributed by atoms with E-state index in [1.54, 1.807) is 36.4 Å². The summed E-state index contributed by atoms with van der Waals surface area (Å²) in [4.78, 5) is 26.8. The molecule has 8 nitrogen and oxygen atoms in total. The number of rotatable bonds is 8. The molecule has 10 heteroatoms. The van der Waals surface area contributed by atoms with Crippen LogP contribution in [-0.2, 0) is 20.4 Å². The third kappa shape index (κ3) is 5.65. The van der Waals surface area contributed by atoms with Crippen LogP contribution in [-0.4, -0.2) is 33.5 Å². The minimum absolute atomic E-state index is 0.241. The van der Waals surface area contributed by atoms with E-state index in [0.717, 1.165) is 30.2 Å². The lowest BCUT2D eigenvalue weighted by molar-refractivity contribution is -0.123. The van der Waals surface area contributed by atoms with Crippen molar-refractivity contribution in [3.05, 3.63) is 119 Å². The van der Waals surface area contributed by atoms with Crippen LogP contribution in [0.15, 0.2) is 84.9 Å². The number of hydrogen-bond donors (Lipinski definition) is 3. The number of likely N-dealkylation sites (N-methyl/N-ethyl adjacent to an activating group) is 1. The van der Waals surface area contributed by atoms with Crippen LogP contribution in [0.5, 0.6) is 5.75 Å². The second kappa shape index (κ2) is 11.1. The Bertz CT molecular complexity index is 1870. The molecule has 1 aliphatic carbocycles. The van der Waals surface area contributed by atoms with Crippen molar-refractivity contribution in [2.24, 2.45) is 0 Å². The summed E-state index contributed by atoms with van der Waals surface area (Å²) in [6.07, 6.45) is 1.96. The smallest absolute Gasteiger partial charge is 0.251 e. The highest BCUT2D eigenvalue weighted by Crippen LogP contribution is 2.50. The number of amides is 2. The van der Waals surface area contributed by atoms with Crippen molar-refractivity contribution in [3.63, 3.8) is 0 Å². The topological polar surface area (TPSA) is 114 Å². The first-order valence-corrected chi connectivity index (χ1v) is 16.2. The average Bonchev–Trinajstić information content (AvgIpc) is 3.69. The highest BCUT2D eigenvalue weighted by atomic mass is 32.2. The summed E-state index contributed by atoms with van der Waals surface area (Å²) >= 11 is 0. The number of anilines is 1. The molecule has 1 saturated carbocycles. The number of ether oxygens (including phenoxy) is 1. The molecule has 0 spiro atoms. The van der Waals surface area contributed by atoms with Crippen molar-refractivity contribution in [3.8, 4) is 16.9 Å². The predicted octanol–water partition coefficient (Wildman–Crippen LogP) is 5.56. The first-order chi connectivity index (χ1) is 21.0. The number of hydrogen-bond acceptors (Lipinski definition) is 5. The van der Waals surface area contributed by atoms with Gasteiger partial charge in [-0.15, -0.1) is 0 Å². The Labute approximate surface area is 255 Å². The molecular formula is C34H32FN3O5S. The molecule has 3 N–H and O–H groups in total. The van der Waals surface area contributed by atoms with Crippen LogP contribution in [0.2, 0.25) is 0 Å². The summed E-state index contributed by atoms with van der Waals surface area (Å²) in [6, 6.07) is 24.2. The highest BCUT2D eigenvalue weighted by Gasteiger charge is 2.46. The molecule has 2 unspecified atom stereocenters. The van der Waals surface area contributed by atoms with Crippen molar-refractivity contribution in [1.82, 2.24) is 10.6 Å². The van der Waals surface area contributed by atoms with Crippen LogP contribution in [0.25, 0.3) is 11.1 Å². The number of sulfonamides is 1. The zero-order chi connectivity index (χ0) is 31.2. The number of nitrogens with one attached hydrogen (secondary N) is 3. The number of halogens is 1. The van der Waals surface area contributed by atoms with Gasteiger partial charge in [0.05, 0.1) is 17.5 Å². The van der Waals surface area contributed by atoms with E-state index >= 15 is 0 Å². The van der Waals surface area contributed by atoms with Gasteiger partial charge in [0.2, 0.25) is 15.9 Å². The molecule has 0 radical (unpaired) electrons. The van der Waals surface area contributed by atoms with E-state index < -0.39 is 33.4 Å². The minimum atomic E-state index is -3.72. The van der Waals surface area contributed by atoms with E-state index in [9.17, 15) is 22.4 Å². The molecule has 0 bridgehead atoms. The van der Waals surface area contributed by atoms with Crippen molar-refractivity contribution in [2.45, 2.75) is 37.3 Å². The van der Waals surface area contributed by atoms with Crippen LogP contribution in [0.4, 0.5) is 10.1 Å². The van der Waals surface area contributed by atoms with Gasteiger partial charge >= 0.3 is 0 Å². The van der Waals surface area contributed by atoms with E-state index in [1.165, 1.54) is 19.2 Å². The van der Waals surface area contributed by atoms with E-state index in [0.29, 0.717) is 33.6 Å². The predicted molar refractivity (Wildman–Crippen MR) is 166 cm³/mol. The Morgan fingerprint density at radius 3 is 2.27 bits per heavy atom. The molecule has 1 aliphatic heterocycles. The standard InChI is InChI=1S/C34H32FN3O5S/c1-20-9-10-22(32(39)37-34(15-16-34)23-7-5-4-6-8-23)17-25(20)26-18-27-29(19-28(26)38-44(3,41)42)43-31(30(27)33(40)36-2)21-11-13-24(35)14-12-21/h4-14,17-19,30-31,38H,15-16H2,1-3H3,(H,36,40)(H,37,39). The summed E-state index contributed by atoms with van der Waals surface area (Å²) in [6.45, 7) is 1.87. The third-order valence-electron chi connectivity index (χ3n) is 8.28. The molecular weight excluding hydrogens is 581 g/mol.